The van der Waals surface area contributed by atoms with Crippen LogP contribution in [0.25, 0.3) is 0 Å². The Hall–Kier alpha value is -1.36. The number of carboxylic acids is 1. The molecule has 1 aromatic rings. The Kier molecular flexibility index (Phi) is 2.73. The molecule has 1 atom stereocenters. The monoisotopic (exact) mass is 225 g/mol. The van der Waals surface area contributed by atoms with E-state index in [4.69, 9.17) is 5.11 Å². The molecule has 15 heavy (non-hydrogen) atoms. The Labute approximate surface area is 91.1 Å². The van der Waals surface area contributed by atoms with Gasteiger partial charge in [-0.05, 0) is 17.9 Å². The van der Waals surface area contributed by atoms with Gasteiger partial charge in [0.1, 0.15) is 6.04 Å². The summed E-state index contributed by atoms with van der Waals surface area (Å²) in [5, 5.41) is 10.9. The lowest BCUT2D eigenvalue weighted by Crippen LogP contribution is -2.37. The highest BCUT2D eigenvalue weighted by atomic mass is 32.1. The molecule has 1 N–H and O–H groups in total. The van der Waals surface area contributed by atoms with Crippen LogP contribution in [0.4, 0.5) is 0 Å². The van der Waals surface area contributed by atoms with Gasteiger partial charge in [-0.3, -0.25) is 4.79 Å². The number of amides is 1. The van der Waals surface area contributed by atoms with Crippen LogP contribution in [-0.4, -0.2) is 27.9 Å². The topological polar surface area (TPSA) is 57.6 Å². The summed E-state index contributed by atoms with van der Waals surface area (Å²) in [5.74, 6) is -0.965. The van der Waals surface area contributed by atoms with Gasteiger partial charge in [0.2, 0.25) is 5.91 Å². The van der Waals surface area contributed by atoms with Crippen LogP contribution in [0.5, 0.6) is 0 Å². The van der Waals surface area contributed by atoms with Crippen molar-refractivity contribution >= 4 is 23.2 Å². The average Bonchev–Trinajstić information content (AvgIpc) is 2.78. The molecule has 0 unspecified atom stereocenters. The van der Waals surface area contributed by atoms with Gasteiger partial charge < -0.3 is 10.0 Å². The van der Waals surface area contributed by atoms with E-state index >= 15 is 0 Å². The van der Waals surface area contributed by atoms with E-state index in [1.807, 2.05) is 17.5 Å². The Morgan fingerprint density at radius 3 is 3.07 bits per heavy atom. The van der Waals surface area contributed by atoms with Crippen LogP contribution in [0.1, 0.15) is 17.7 Å². The van der Waals surface area contributed by atoms with E-state index in [9.17, 15) is 9.59 Å². The summed E-state index contributed by atoms with van der Waals surface area (Å²) in [6.45, 7) is 0.424. The van der Waals surface area contributed by atoms with Crippen molar-refractivity contribution in [2.75, 3.05) is 0 Å². The molecule has 1 aromatic heterocycles. The van der Waals surface area contributed by atoms with Crippen molar-refractivity contribution in [3.05, 3.63) is 22.4 Å². The highest BCUT2D eigenvalue weighted by Gasteiger charge is 2.35. The van der Waals surface area contributed by atoms with Gasteiger partial charge in [0.05, 0.1) is 6.54 Å². The number of hydrogen-bond donors (Lipinski definition) is 1. The Bertz CT molecular complexity index is 374. The maximum absolute atomic E-state index is 11.5. The molecule has 2 rings (SSSR count). The van der Waals surface area contributed by atoms with E-state index in [1.54, 1.807) is 0 Å². The van der Waals surface area contributed by atoms with E-state index in [0.717, 1.165) is 4.88 Å². The third-order valence-electron chi connectivity index (χ3n) is 2.52. The molecule has 0 saturated carbocycles. The first-order valence-electron chi connectivity index (χ1n) is 4.73. The van der Waals surface area contributed by atoms with Crippen LogP contribution in [0.15, 0.2) is 17.5 Å². The molecule has 0 aliphatic carbocycles. The zero-order valence-electron chi connectivity index (χ0n) is 8.05. The first kappa shape index (κ1) is 10.2. The van der Waals surface area contributed by atoms with Crippen molar-refractivity contribution < 1.29 is 14.7 Å². The Morgan fingerprint density at radius 1 is 1.67 bits per heavy atom. The number of carbonyl (C=O) groups excluding carboxylic acids is 1. The third kappa shape index (κ3) is 2.02. The number of aliphatic carboxylic acids is 1. The van der Waals surface area contributed by atoms with Gasteiger partial charge in [-0.25, -0.2) is 4.79 Å². The van der Waals surface area contributed by atoms with Crippen molar-refractivity contribution in [3.63, 3.8) is 0 Å². The fourth-order valence-corrected chi connectivity index (χ4v) is 2.46. The second-order valence-electron chi connectivity index (χ2n) is 3.49. The molecule has 5 heteroatoms. The summed E-state index contributed by atoms with van der Waals surface area (Å²) >= 11 is 1.54. The molecule has 1 saturated heterocycles. The number of carboxylic acid groups (broad SMARTS) is 1. The summed E-state index contributed by atoms with van der Waals surface area (Å²) in [6.07, 6.45) is 0.780. The molecular weight excluding hydrogens is 214 g/mol. The van der Waals surface area contributed by atoms with Crippen LogP contribution in [0.2, 0.25) is 0 Å². The van der Waals surface area contributed by atoms with E-state index in [2.05, 4.69) is 0 Å². The lowest BCUT2D eigenvalue weighted by Gasteiger charge is -2.20. The van der Waals surface area contributed by atoms with Crippen LogP contribution in [0.3, 0.4) is 0 Å². The second-order valence-corrected chi connectivity index (χ2v) is 4.53. The zero-order chi connectivity index (χ0) is 10.8. The van der Waals surface area contributed by atoms with Gasteiger partial charge >= 0.3 is 5.97 Å². The normalized spacial score (nSPS) is 20.9. The maximum atomic E-state index is 11.5. The molecule has 4 nitrogen and oxygen atoms in total. The predicted octanol–water partition coefficient (Wildman–Crippen LogP) is 1.32. The van der Waals surface area contributed by atoms with Gasteiger partial charge in [0.25, 0.3) is 0 Å². The molecule has 2 heterocycles. The third-order valence-corrected chi connectivity index (χ3v) is 3.38. The number of likely N-dealkylation sites (tertiary alicyclic amines) is 1. The van der Waals surface area contributed by atoms with Crippen molar-refractivity contribution in [1.82, 2.24) is 4.90 Å². The minimum absolute atomic E-state index is 0.0594. The molecule has 0 bridgehead atoms. The maximum Gasteiger partial charge on any atom is 0.326 e. The van der Waals surface area contributed by atoms with Crippen molar-refractivity contribution in [3.8, 4) is 0 Å². The van der Waals surface area contributed by atoms with Gasteiger partial charge in [-0.15, -0.1) is 11.3 Å². The van der Waals surface area contributed by atoms with Crippen molar-refractivity contribution in [1.29, 1.82) is 0 Å². The van der Waals surface area contributed by atoms with Crippen molar-refractivity contribution in [2.24, 2.45) is 0 Å². The van der Waals surface area contributed by atoms with E-state index in [0.29, 0.717) is 19.4 Å². The fraction of sp³-hybridized carbons (Fsp3) is 0.400. The highest BCUT2D eigenvalue weighted by Crippen LogP contribution is 2.23. The molecule has 0 radical (unpaired) electrons. The number of nitrogens with zero attached hydrogens (tertiary/aromatic N) is 1. The SMILES string of the molecule is O=C(O)[C@H]1CCC(=O)N1Cc1cccs1. The molecule has 1 fully saturated rings. The molecule has 0 spiro atoms. The quantitative estimate of drug-likeness (QED) is 0.844. The fourth-order valence-electron chi connectivity index (χ4n) is 1.76. The number of thiophene rings is 1. The minimum Gasteiger partial charge on any atom is -0.480 e. The van der Waals surface area contributed by atoms with Gasteiger partial charge in [0.15, 0.2) is 0 Å². The highest BCUT2D eigenvalue weighted by molar-refractivity contribution is 7.09. The van der Waals surface area contributed by atoms with E-state index < -0.39 is 12.0 Å². The summed E-state index contributed by atoms with van der Waals surface area (Å²) < 4.78 is 0. The smallest absolute Gasteiger partial charge is 0.326 e. The molecule has 80 valence electrons. The largest absolute Gasteiger partial charge is 0.480 e. The summed E-state index contributed by atoms with van der Waals surface area (Å²) in [5.41, 5.74) is 0. The lowest BCUT2D eigenvalue weighted by molar-refractivity contribution is -0.146. The van der Waals surface area contributed by atoms with Gasteiger partial charge in [-0.1, -0.05) is 6.07 Å². The first-order chi connectivity index (χ1) is 7.18. The summed E-state index contributed by atoms with van der Waals surface area (Å²) in [4.78, 5) is 24.9. The van der Waals surface area contributed by atoms with E-state index in [-0.39, 0.29) is 5.91 Å². The predicted molar refractivity (Wildman–Crippen MR) is 55.5 cm³/mol. The molecule has 1 aliphatic rings. The first-order valence-corrected chi connectivity index (χ1v) is 5.61. The summed E-state index contributed by atoms with van der Waals surface area (Å²) in [6, 6.07) is 3.17. The zero-order valence-corrected chi connectivity index (χ0v) is 8.87. The number of carbonyl (C=O) groups is 2. The number of rotatable bonds is 3. The second kappa shape index (κ2) is 4.02. The molecule has 0 aromatic carbocycles. The molecular formula is C10H11NO3S. The minimum atomic E-state index is -0.905. The van der Waals surface area contributed by atoms with Crippen LogP contribution < -0.4 is 0 Å². The van der Waals surface area contributed by atoms with Gasteiger partial charge in [0, 0.05) is 11.3 Å². The summed E-state index contributed by atoms with van der Waals surface area (Å²) in [7, 11) is 0. The van der Waals surface area contributed by atoms with Crippen molar-refractivity contribution in [2.45, 2.75) is 25.4 Å². The molecule has 1 aliphatic heterocycles. The molecule has 1 amide bonds. The van der Waals surface area contributed by atoms with Crippen LogP contribution in [0, 0.1) is 0 Å². The van der Waals surface area contributed by atoms with Crippen LogP contribution >= 0.6 is 11.3 Å². The Morgan fingerprint density at radius 2 is 2.47 bits per heavy atom. The average molecular weight is 225 g/mol. The lowest BCUT2D eigenvalue weighted by atomic mass is 10.2. The van der Waals surface area contributed by atoms with E-state index in [1.165, 1.54) is 16.2 Å². The van der Waals surface area contributed by atoms with Gasteiger partial charge in [-0.2, -0.15) is 0 Å². The standard InChI is InChI=1S/C10H11NO3S/c12-9-4-3-8(10(13)14)11(9)6-7-2-1-5-15-7/h1-2,5,8H,3-4,6H2,(H,13,14)/t8-/m1/s1. The van der Waals surface area contributed by atoms with Crippen LogP contribution in [-0.2, 0) is 16.1 Å². The number of hydrogen-bond acceptors (Lipinski definition) is 3. The Balaban J connectivity index is 2.11.